The number of carbonyl (C=O) groups is 1. The van der Waals surface area contributed by atoms with Crippen LogP contribution in [0.1, 0.15) is 5.69 Å². The molecule has 1 amide bonds. The van der Waals surface area contributed by atoms with E-state index in [9.17, 15) is 18.0 Å². The normalized spacial score (nSPS) is 11.5. The highest BCUT2D eigenvalue weighted by Crippen LogP contribution is 2.32. The van der Waals surface area contributed by atoms with Crippen LogP contribution in [0.25, 0.3) is 22.0 Å². The topological polar surface area (TPSA) is 54.9 Å². The second-order valence-electron chi connectivity index (χ2n) is 6.79. The van der Waals surface area contributed by atoms with Gasteiger partial charge in [0.1, 0.15) is 5.69 Å². The summed E-state index contributed by atoms with van der Waals surface area (Å²) in [5.41, 5.74) is 0.233. The predicted molar refractivity (Wildman–Crippen MR) is 123 cm³/mol. The molecular weight excluding hydrogens is 503 g/mol. The standard InChI is InChI=1S/C23H15BrF3N3OS/c24-16-10-8-15(9-11-16)19-12-20(23(25,26)27)30-22(29-19)32-13-21(31)28-18-7-3-5-14-4-1-2-6-17(14)18/h1-12H,13H2,(H,28,31). The minimum absolute atomic E-state index is 0.120. The van der Waals surface area contributed by atoms with Crippen LogP contribution < -0.4 is 5.32 Å². The van der Waals surface area contributed by atoms with Gasteiger partial charge < -0.3 is 5.32 Å². The van der Waals surface area contributed by atoms with Crippen LogP contribution >= 0.6 is 27.7 Å². The Morgan fingerprint density at radius 1 is 0.969 bits per heavy atom. The minimum Gasteiger partial charge on any atom is -0.325 e. The summed E-state index contributed by atoms with van der Waals surface area (Å²) in [4.78, 5) is 20.3. The Labute approximate surface area is 194 Å². The zero-order chi connectivity index (χ0) is 22.7. The summed E-state index contributed by atoms with van der Waals surface area (Å²) >= 11 is 4.15. The Kier molecular flexibility index (Phi) is 6.48. The smallest absolute Gasteiger partial charge is 0.325 e. The zero-order valence-electron chi connectivity index (χ0n) is 16.4. The lowest BCUT2D eigenvalue weighted by molar-refractivity contribution is -0.141. The molecule has 4 nitrogen and oxygen atoms in total. The van der Waals surface area contributed by atoms with E-state index in [0.29, 0.717) is 11.3 Å². The molecule has 0 atom stereocenters. The molecule has 4 aromatic rings. The van der Waals surface area contributed by atoms with Crippen molar-refractivity contribution in [1.29, 1.82) is 0 Å². The molecular formula is C23H15BrF3N3OS. The number of nitrogens with one attached hydrogen (secondary N) is 1. The second-order valence-corrected chi connectivity index (χ2v) is 8.65. The van der Waals surface area contributed by atoms with Crippen molar-refractivity contribution in [3.05, 3.63) is 83.0 Å². The molecule has 9 heteroatoms. The molecule has 0 aliphatic heterocycles. The molecule has 0 fully saturated rings. The lowest BCUT2D eigenvalue weighted by Gasteiger charge is -2.11. The van der Waals surface area contributed by atoms with E-state index in [1.54, 1.807) is 30.3 Å². The third kappa shape index (κ3) is 5.28. The average Bonchev–Trinajstić information content (AvgIpc) is 2.78. The Morgan fingerprint density at radius 2 is 1.69 bits per heavy atom. The van der Waals surface area contributed by atoms with Gasteiger partial charge in [-0.25, -0.2) is 9.97 Å². The molecule has 4 rings (SSSR count). The van der Waals surface area contributed by atoms with Crippen molar-refractivity contribution >= 4 is 50.1 Å². The first-order chi connectivity index (χ1) is 15.3. The maximum Gasteiger partial charge on any atom is 0.433 e. The van der Waals surface area contributed by atoms with E-state index in [1.165, 1.54) is 0 Å². The fourth-order valence-electron chi connectivity index (χ4n) is 3.05. The SMILES string of the molecule is O=C(CSc1nc(-c2ccc(Br)cc2)cc(C(F)(F)F)n1)Nc1cccc2ccccc12. The summed E-state index contributed by atoms with van der Waals surface area (Å²) in [6.45, 7) is 0. The van der Waals surface area contributed by atoms with E-state index in [1.807, 2.05) is 36.4 Å². The number of rotatable bonds is 5. The molecule has 0 aliphatic carbocycles. The molecule has 1 N–H and O–H groups in total. The molecule has 1 heterocycles. The van der Waals surface area contributed by atoms with E-state index in [-0.39, 0.29) is 22.5 Å². The van der Waals surface area contributed by atoms with Gasteiger partial charge in [-0.05, 0) is 29.7 Å². The Bertz CT molecular complexity index is 1270. The average molecular weight is 518 g/mol. The summed E-state index contributed by atoms with van der Waals surface area (Å²) in [6.07, 6.45) is -4.63. The molecule has 32 heavy (non-hydrogen) atoms. The monoisotopic (exact) mass is 517 g/mol. The maximum atomic E-state index is 13.4. The molecule has 0 saturated heterocycles. The lowest BCUT2D eigenvalue weighted by atomic mass is 10.1. The number of aromatic nitrogens is 2. The number of nitrogens with zero attached hydrogens (tertiary/aromatic N) is 2. The first-order valence-electron chi connectivity index (χ1n) is 9.42. The summed E-state index contributed by atoms with van der Waals surface area (Å²) in [5.74, 6) is -0.498. The van der Waals surface area contributed by atoms with Crippen LogP contribution in [-0.4, -0.2) is 21.6 Å². The van der Waals surface area contributed by atoms with Crippen LogP contribution in [0.3, 0.4) is 0 Å². The van der Waals surface area contributed by atoms with Gasteiger partial charge in [0.05, 0.1) is 11.4 Å². The van der Waals surface area contributed by atoms with Gasteiger partial charge in [0.15, 0.2) is 5.16 Å². The molecule has 0 saturated carbocycles. The Hall–Kier alpha value is -2.91. The quantitative estimate of drug-likeness (QED) is 0.233. The van der Waals surface area contributed by atoms with Crippen LogP contribution in [0.5, 0.6) is 0 Å². The number of thioether (sulfide) groups is 1. The highest BCUT2D eigenvalue weighted by molar-refractivity contribution is 9.10. The van der Waals surface area contributed by atoms with Crippen LogP contribution in [0, 0.1) is 0 Å². The highest BCUT2D eigenvalue weighted by atomic mass is 79.9. The molecule has 162 valence electrons. The Balaban J connectivity index is 1.54. The number of hydrogen-bond acceptors (Lipinski definition) is 4. The van der Waals surface area contributed by atoms with Crippen molar-refractivity contribution in [1.82, 2.24) is 9.97 Å². The summed E-state index contributed by atoms with van der Waals surface area (Å²) < 4.78 is 40.9. The molecule has 1 aromatic heterocycles. The molecule has 0 spiro atoms. The number of hydrogen-bond donors (Lipinski definition) is 1. The number of anilines is 1. The van der Waals surface area contributed by atoms with Gasteiger partial charge in [0.2, 0.25) is 5.91 Å². The maximum absolute atomic E-state index is 13.4. The van der Waals surface area contributed by atoms with Crippen molar-refractivity contribution in [2.24, 2.45) is 0 Å². The fourth-order valence-corrected chi connectivity index (χ4v) is 3.98. The summed E-state index contributed by atoms with van der Waals surface area (Å²) in [5, 5.41) is 4.54. The molecule has 0 radical (unpaired) electrons. The van der Waals surface area contributed by atoms with Gasteiger partial charge >= 0.3 is 6.18 Å². The van der Waals surface area contributed by atoms with Gasteiger partial charge in [-0.3, -0.25) is 4.79 Å². The van der Waals surface area contributed by atoms with Crippen LogP contribution in [0.15, 0.2) is 82.4 Å². The van der Waals surface area contributed by atoms with Gasteiger partial charge in [-0.15, -0.1) is 0 Å². The number of fused-ring (bicyclic) bond motifs is 1. The van der Waals surface area contributed by atoms with Crippen LogP contribution in [-0.2, 0) is 11.0 Å². The van der Waals surface area contributed by atoms with Crippen molar-refractivity contribution in [3.8, 4) is 11.3 Å². The fraction of sp³-hybridized carbons (Fsp3) is 0.0870. The first-order valence-corrected chi connectivity index (χ1v) is 11.2. The number of halogens is 4. The number of amides is 1. The number of alkyl halides is 3. The van der Waals surface area contributed by atoms with Gasteiger partial charge in [-0.1, -0.05) is 76.2 Å². The first kappa shape index (κ1) is 22.3. The third-order valence-electron chi connectivity index (χ3n) is 4.53. The van der Waals surface area contributed by atoms with Crippen molar-refractivity contribution in [3.63, 3.8) is 0 Å². The molecule has 3 aromatic carbocycles. The van der Waals surface area contributed by atoms with Crippen molar-refractivity contribution < 1.29 is 18.0 Å². The van der Waals surface area contributed by atoms with Crippen LogP contribution in [0.2, 0.25) is 0 Å². The van der Waals surface area contributed by atoms with E-state index >= 15 is 0 Å². The summed E-state index contributed by atoms with van der Waals surface area (Å²) in [7, 11) is 0. The van der Waals surface area contributed by atoms with Crippen molar-refractivity contribution in [2.45, 2.75) is 11.3 Å². The van der Waals surface area contributed by atoms with Gasteiger partial charge in [0.25, 0.3) is 0 Å². The number of carbonyl (C=O) groups excluding carboxylic acids is 1. The Morgan fingerprint density at radius 3 is 2.44 bits per heavy atom. The molecule has 0 aliphatic rings. The zero-order valence-corrected chi connectivity index (χ0v) is 18.8. The van der Waals surface area contributed by atoms with E-state index < -0.39 is 11.9 Å². The van der Waals surface area contributed by atoms with E-state index in [4.69, 9.17) is 0 Å². The summed E-state index contributed by atoms with van der Waals surface area (Å²) in [6, 6.07) is 20.8. The van der Waals surface area contributed by atoms with Crippen LogP contribution in [0.4, 0.5) is 18.9 Å². The molecule has 0 bridgehead atoms. The lowest BCUT2D eigenvalue weighted by Crippen LogP contribution is -2.15. The van der Waals surface area contributed by atoms with Gasteiger partial charge in [0, 0.05) is 21.1 Å². The van der Waals surface area contributed by atoms with E-state index in [0.717, 1.165) is 33.1 Å². The largest absolute Gasteiger partial charge is 0.433 e. The second kappa shape index (κ2) is 9.30. The third-order valence-corrected chi connectivity index (χ3v) is 5.91. The van der Waals surface area contributed by atoms with E-state index in [2.05, 4.69) is 31.2 Å². The van der Waals surface area contributed by atoms with Gasteiger partial charge in [-0.2, -0.15) is 13.2 Å². The molecule has 0 unspecified atom stereocenters. The number of benzene rings is 3. The van der Waals surface area contributed by atoms with Crippen molar-refractivity contribution in [2.75, 3.05) is 11.1 Å². The minimum atomic E-state index is -4.63. The highest BCUT2D eigenvalue weighted by Gasteiger charge is 2.34. The predicted octanol–water partition coefficient (Wildman–Crippen LogP) is 6.81.